The summed E-state index contributed by atoms with van der Waals surface area (Å²) in [5.74, 6) is 0.302. The molecule has 2 aromatic carbocycles. The molecule has 0 bridgehead atoms. The average molecular weight is 392 g/mol. The van der Waals surface area contributed by atoms with Crippen molar-refractivity contribution in [1.29, 1.82) is 0 Å². The lowest BCUT2D eigenvalue weighted by Crippen LogP contribution is -2.36. The number of hydrogen-bond acceptors (Lipinski definition) is 3. The third-order valence-corrected chi connectivity index (χ3v) is 4.77. The standard InChI is InChI=1S/C20H22F2N2O2S/c1-13-5-3-4-6-16(13)23-20(27)24(15-8-9-15)12-14-7-10-17(26-19(21)22)18(11-14)25-2/h3-7,10-11,15,19H,8-9,12H2,1-2H3,(H,23,27). The van der Waals surface area contributed by atoms with E-state index in [1.54, 1.807) is 12.1 Å². The SMILES string of the molecule is COc1cc(CN(C(=S)Nc2ccccc2C)C2CC2)ccc1OC(F)F. The van der Waals surface area contributed by atoms with Crippen molar-refractivity contribution in [3.8, 4) is 11.5 Å². The number of nitrogens with zero attached hydrogens (tertiary/aromatic N) is 1. The summed E-state index contributed by atoms with van der Waals surface area (Å²) in [7, 11) is 1.43. The van der Waals surface area contributed by atoms with E-state index < -0.39 is 6.61 Å². The van der Waals surface area contributed by atoms with Gasteiger partial charge in [0.05, 0.1) is 7.11 Å². The molecule has 0 heterocycles. The van der Waals surface area contributed by atoms with Crippen molar-refractivity contribution in [1.82, 2.24) is 4.90 Å². The molecule has 1 aliphatic carbocycles. The molecule has 3 rings (SSSR count). The minimum absolute atomic E-state index is 0.0230. The lowest BCUT2D eigenvalue weighted by atomic mass is 10.2. The number of halogens is 2. The second-order valence-corrected chi connectivity index (χ2v) is 6.85. The number of anilines is 1. The molecule has 144 valence electrons. The Hall–Kier alpha value is -2.41. The number of methoxy groups -OCH3 is 1. The molecule has 4 nitrogen and oxygen atoms in total. The van der Waals surface area contributed by atoms with Gasteiger partial charge in [-0.2, -0.15) is 8.78 Å². The highest BCUT2D eigenvalue weighted by Crippen LogP contribution is 2.33. The maximum Gasteiger partial charge on any atom is 0.387 e. The fourth-order valence-corrected chi connectivity index (χ4v) is 3.18. The average Bonchev–Trinajstić information content (AvgIpc) is 3.47. The Morgan fingerprint density at radius 3 is 2.59 bits per heavy atom. The molecule has 1 N–H and O–H groups in total. The van der Waals surface area contributed by atoms with E-state index in [-0.39, 0.29) is 11.5 Å². The number of ether oxygens (including phenoxy) is 2. The van der Waals surface area contributed by atoms with Crippen LogP contribution >= 0.6 is 12.2 Å². The Labute approximate surface area is 163 Å². The zero-order valence-corrected chi connectivity index (χ0v) is 16.1. The van der Waals surface area contributed by atoms with E-state index >= 15 is 0 Å². The van der Waals surface area contributed by atoms with Crippen LogP contribution in [0.3, 0.4) is 0 Å². The highest BCUT2D eigenvalue weighted by atomic mass is 32.1. The fourth-order valence-electron chi connectivity index (χ4n) is 2.85. The van der Waals surface area contributed by atoms with Gasteiger partial charge in [0.2, 0.25) is 0 Å². The van der Waals surface area contributed by atoms with Crippen molar-refractivity contribution in [2.24, 2.45) is 0 Å². The fraction of sp³-hybridized carbons (Fsp3) is 0.350. The van der Waals surface area contributed by atoms with Gasteiger partial charge in [-0.3, -0.25) is 0 Å². The maximum absolute atomic E-state index is 12.5. The quantitative estimate of drug-likeness (QED) is 0.673. The zero-order valence-electron chi connectivity index (χ0n) is 15.2. The zero-order chi connectivity index (χ0) is 19.4. The molecule has 0 spiro atoms. The summed E-state index contributed by atoms with van der Waals surface area (Å²) in [6.07, 6.45) is 2.17. The molecule has 0 radical (unpaired) electrons. The van der Waals surface area contributed by atoms with Gasteiger partial charge in [-0.1, -0.05) is 24.3 Å². The van der Waals surface area contributed by atoms with Gasteiger partial charge in [0, 0.05) is 18.3 Å². The van der Waals surface area contributed by atoms with Gasteiger partial charge in [0.15, 0.2) is 16.6 Å². The van der Waals surface area contributed by atoms with Gasteiger partial charge in [-0.25, -0.2) is 0 Å². The van der Waals surface area contributed by atoms with Crippen LogP contribution < -0.4 is 14.8 Å². The Bertz CT molecular complexity index is 812. The summed E-state index contributed by atoms with van der Waals surface area (Å²) < 4.78 is 34.7. The highest BCUT2D eigenvalue weighted by molar-refractivity contribution is 7.80. The Kier molecular flexibility index (Phi) is 6.11. The molecule has 1 aliphatic rings. The van der Waals surface area contributed by atoms with Crippen molar-refractivity contribution in [2.75, 3.05) is 12.4 Å². The molecule has 1 fully saturated rings. The lowest BCUT2D eigenvalue weighted by molar-refractivity contribution is -0.0512. The summed E-state index contributed by atoms with van der Waals surface area (Å²) in [5.41, 5.74) is 3.01. The molecule has 0 aliphatic heterocycles. The van der Waals surface area contributed by atoms with Crippen LogP contribution in [0.4, 0.5) is 14.5 Å². The molecule has 0 atom stereocenters. The molecule has 0 unspecified atom stereocenters. The van der Waals surface area contributed by atoms with Crippen LogP contribution in [0.5, 0.6) is 11.5 Å². The van der Waals surface area contributed by atoms with Crippen molar-refractivity contribution < 1.29 is 18.3 Å². The van der Waals surface area contributed by atoms with Crippen LogP contribution in [0, 0.1) is 6.92 Å². The smallest absolute Gasteiger partial charge is 0.387 e. The third-order valence-electron chi connectivity index (χ3n) is 4.43. The maximum atomic E-state index is 12.5. The van der Waals surface area contributed by atoms with Crippen LogP contribution in [-0.2, 0) is 6.54 Å². The topological polar surface area (TPSA) is 33.7 Å². The van der Waals surface area contributed by atoms with E-state index in [1.807, 2.05) is 31.2 Å². The van der Waals surface area contributed by atoms with Crippen LogP contribution in [0.2, 0.25) is 0 Å². The molecule has 7 heteroatoms. The molecular formula is C20H22F2N2O2S. The monoisotopic (exact) mass is 392 g/mol. The minimum atomic E-state index is -2.89. The Morgan fingerprint density at radius 1 is 1.22 bits per heavy atom. The Morgan fingerprint density at radius 2 is 1.96 bits per heavy atom. The number of hydrogen-bond donors (Lipinski definition) is 1. The first-order chi connectivity index (χ1) is 13.0. The largest absolute Gasteiger partial charge is 0.493 e. The molecule has 0 amide bonds. The lowest BCUT2D eigenvalue weighted by Gasteiger charge is -2.26. The third kappa shape index (κ3) is 5.07. The molecule has 2 aromatic rings. The summed E-state index contributed by atoms with van der Waals surface area (Å²) in [4.78, 5) is 2.13. The van der Waals surface area contributed by atoms with Crippen molar-refractivity contribution in [2.45, 2.75) is 39.0 Å². The van der Waals surface area contributed by atoms with E-state index in [0.717, 1.165) is 29.7 Å². The van der Waals surface area contributed by atoms with Gasteiger partial charge in [-0.05, 0) is 61.3 Å². The number of benzene rings is 2. The number of para-hydroxylation sites is 1. The minimum Gasteiger partial charge on any atom is -0.493 e. The summed E-state index contributed by atoms with van der Waals surface area (Å²) in [6, 6.07) is 13.3. The van der Waals surface area contributed by atoms with Crippen molar-refractivity contribution in [3.63, 3.8) is 0 Å². The highest BCUT2D eigenvalue weighted by Gasteiger charge is 2.31. The second-order valence-electron chi connectivity index (χ2n) is 6.47. The van der Waals surface area contributed by atoms with Crippen molar-refractivity contribution in [3.05, 3.63) is 53.6 Å². The van der Waals surface area contributed by atoms with Crippen LogP contribution in [0.25, 0.3) is 0 Å². The molecule has 0 saturated heterocycles. The van der Waals surface area contributed by atoms with Gasteiger partial charge >= 0.3 is 6.61 Å². The van der Waals surface area contributed by atoms with E-state index in [1.165, 1.54) is 13.2 Å². The number of aryl methyl sites for hydroxylation is 1. The first kappa shape index (κ1) is 19.4. The first-order valence-electron chi connectivity index (χ1n) is 8.73. The van der Waals surface area contributed by atoms with E-state index in [2.05, 4.69) is 15.0 Å². The number of rotatable bonds is 7. The predicted molar refractivity (Wildman–Crippen MR) is 106 cm³/mol. The van der Waals surface area contributed by atoms with E-state index in [9.17, 15) is 8.78 Å². The van der Waals surface area contributed by atoms with E-state index in [4.69, 9.17) is 17.0 Å². The van der Waals surface area contributed by atoms with Gasteiger partial charge < -0.3 is 19.7 Å². The first-order valence-corrected chi connectivity index (χ1v) is 9.13. The van der Waals surface area contributed by atoms with Crippen LogP contribution in [-0.4, -0.2) is 29.8 Å². The number of alkyl halides is 2. The summed E-state index contributed by atoms with van der Waals surface area (Å²) >= 11 is 5.64. The van der Waals surface area contributed by atoms with E-state index in [0.29, 0.717) is 17.7 Å². The molecular weight excluding hydrogens is 370 g/mol. The summed E-state index contributed by atoms with van der Waals surface area (Å²) in [6.45, 7) is -0.300. The van der Waals surface area contributed by atoms with Crippen molar-refractivity contribution >= 4 is 23.0 Å². The molecule has 1 saturated carbocycles. The molecule has 27 heavy (non-hydrogen) atoms. The van der Waals surface area contributed by atoms with Crippen LogP contribution in [0.15, 0.2) is 42.5 Å². The van der Waals surface area contributed by atoms with Gasteiger partial charge in [0.1, 0.15) is 0 Å². The normalized spacial score (nSPS) is 13.4. The number of nitrogens with one attached hydrogen (secondary N) is 1. The Balaban J connectivity index is 1.75. The van der Waals surface area contributed by atoms with Gasteiger partial charge in [0.25, 0.3) is 0 Å². The second kappa shape index (κ2) is 8.52. The molecule has 0 aromatic heterocycles. The predicted octanol–water partition coefficient (Wildman–Crippen LogP) is 4.97. The number of thiocarbonyl (C=S) groups is 1. The van der Waals surface area contributed by atoms with Crippen LogP contribution in [0.1, 0.15) is 24.0 Å². The summed E-state index contributed by atoms with van der Waals surface area (Å²) in [5, 5.41) is 3.97. The van der Waals surface area contributed by atoms with Gasteiger partial charge in [-0.15, -0.1) is 0 Å².